The first-order chi connectivity index (χ1) is 26.7. The second-order valence-corrected chi connectivity index (χ2v) is 16.0. The van der Waals surface area contributed by atoms with Crippen molar-refractivity contribution in [2.45, 2.75) is 37.5 Å². The predicted octanol–water partition coefficient (Wildman–Crippen LogP) is 11.8. The van der Waals surface area contributed by atoms with Crippen LogP contribution in [0.5, 0.6) is 0 Å². The van der Waals surface area contributed by atoms with Crippen molar-refractivity contribution < 1.29 is 0 Å². The molecule has 258 valence electrons. The molecule has 5 aliphatic rings. The molecule has 1 aromatic heterocycles. The largest absolute Gasteiger partial charge is 0.208 e. The van der Waals surface area contributed by atoms with E-state index in [0.29, 0.717) is 29.3 Å². The van der Waals surface area contributed by atoms with Crippen molar-refractivity contribution in [1.29, 1.82) is 5.26 Å². The maximum Gasteiger partial charge on any atom is 0.164 e. The summed E-state index contributed by atoms with van der Waals surface area (Å²) in [6, 6.07) is 53.9. The van der Waals surface area contributed by atoms with Gasteiger partial charge in [-0.2, -0.15) is 5.26 Å². The van der Waals surface area contributed by atoms with Crippen LogP contribution in [0.3, 0.4) is 0 Å². The standard InChI is InChI=1S/C50H38N4/c51-30-31-18-21-45-44(27-31)43-20-19-37(29-46(43)50(45)39-23-32-22-33(25-39)26-40(50)24-32)42-17-8-7-16-41(42)36-14-9-15-38(28-36)49-53-47(34-10-3-1-4-11-34)52-48(54-49)35-12-5-2-6-13-35/h1-21,27-29,32-33,39-40H,22-26H2. The SMILES string of the molecule is N#Cc1ccc2c(c1)-c1ccc(-c3ccccc3-c3cccc(-c4nc(-c5ccccc5)nc(-c5ccccc5)n4)c3)cc1C21C2CC3CC(C2)CC1C3. The van der Waals surface area contributed by atoms with Crippen LogP contribution in [0.15, 0.2) is 146 Å². The first-order valence-electron chi connectivity index (χ1n) is 19.4. The minimum atomic E-state index is 0.0303. The van der Waals surface area contributed by atoms with E-state index >= 15 is 0 Å². The number of hydrogen-bond donors (Lipinski definition) is 0. The van der Waals surface area contributed by atoms with Gasteiger partial charge in [0.2, 0.25) is 0 Å². The zero-order valence-corrected chi connectivity index (χ0v) is 30.0. The number of rotatable bonds is 5. The number of fused-ring (bicyclic) bond motifs is 3. The maximum atomic E-state index is 9.91. The van der Waals surface area contributed by atoms with E-state index in [1.165, 1.54) is 71.0 Å². The van der Waals surface area contributed by atoms with Crippen LogP contribution in [0.4, 0.5) is 0 Å². The highest BCUT2D eigenvalue weighted by Gasteiger charge is 2.61. The lowest BCUT2D eigenvalue weighted by atomic mass is 9.43. The molecule has 0 saturated heterocycles. The highest BCUT2D eigenvalue weighted by Crippen LogP contribution is 2.69. The third kappa shape index (κ3) is 4.78. The number of aromatic nitrogens is 3. The number of nitriles is 1. The summed E-state index contributed by atoms with van der Waals surface area (Å²) in [4.78, 5) is 15.0. The summed E-state index contributed by atoms with van der Waals surface area (Å²) in [6.07, 6.45) is 6.74. The Bertz CT molecular complexity index is 2550. The predicted molar refractivity (Wildman–Crippen MR) is 215 cm³/mol. The van der Waals surface area contributed by atoms with Gasteiger partial charge in [-0.25, -0.2) is 15.0 Å². The molecule has 54 heavy (non-hydrogen) atoms. The molecule has 4 heteroatoms. The van der Waals surface area contributed by atoms with E-state index in [4.69, 9.17) is 15.0 Å². The Hall–Kier alpha value is -6.18. The molecular formula is C50H38N4. The van der Waals surface area contributed by atoms with Crippen molar-refractivity contribution in [3.8, 4) is 73.6 Å². The number of nitrogens with zero attached hydrogens (tertiary/aromatic N) is 4. The van der Waals surface area contributed by atoms with Crippen LogP contribution in [0.2, 0.25) is 0 Å². The highest BCUT2D eigenvalue weighted by molar-refractivity contribution is 5.89. The average molecular weight is 695 g/mol. The van der Waals surface area contributed by atoms with Gasteiger partial charge in [0.25, 0.3) is 0 Å². The molecule has 1 spiro atoms. The molecule has 5 aliphatic carbocycles. The summed E-state index contributed by atoms with van der Waals surface area (Å²) in [5.41, 5.74) is 14.0. The fourth-order valence-corrected chi connectivity index (χ4v) is 11.2. The molecule has 12 rings (SSSR count). The normalized spacial score (nSPS) is 22.9. The lowest BCUT2D eigenvalue weighted by Gasteiger charge is -2.61. The van der Waals surface area contributed by atoms with E-state index in [-0.39, 0.29) is 5.41 Å². The molecule has 4 bridgehead atoms. The molecule has 0 radical (unpaired) electrons. The summed E-state index contributed by atoms with van der Waals surface area (Å²) in [7, 11) is 0. The van der Waals surface area contributed by atoms with Gasteiger partial charge in [0, 0.05) is 22.1 Å². The Morgan fingerprint density at radius 2 is 0.963 bits per heavy atom. The van der Waals surface area contributed by atoms with Crippen molar-refractivity contribution in [2.24, 2.45) is 23.7 Å². The van der Waals surface area contributed by atoms with Crippen LogP contribution in [0.25, 0.3) is 67.5 Å². The van der Waals surface area contributed by atoms with E-state index in [1.807, 2.05) is 60.7 Å². The summed E-state index contributed by atoms with van der Waals surface area (Å²) in [6.45, 7) is 0. The van der Waals surface area contributed by atoms with Crippen LogP contribution in [-0.2, 0) is 5.41 Å². The summed E-state index contributed by atoms with van der Waals surface area (Å²) in [5, 5.41) is 9.91. The van der Waals surface area contributed by atoms with Gasteiger partial charge < -0.3 is 0 Å². The van der Waals surface area contributed by atoms with Crippen molar-refractivity contribution >= 4 is 0 Å². The second-order valence-electron chi connectivity index (χ2n) is 16.0. The summed E-state index contributed by atoms with van der Waals surface area (Å²) in [5.74, 6) is 5.03. The van der Waals surface area contributed by atoms with Gasteiger partial charge in [-0.3, -0.25) is 0 Å². The van der Waals surface area contributed by atoms with Gasteiger partial charge in [0.15, 0.2) is 17.5 Å². The minimum Gasteiger partial charge on any atom is -0.208 e. The van der Waals surface area contributed by atoms with Crippen molar-refractivity contribution in [3.05, 3.63) is 162 Å². The molecule has 4 saturated carbocycles. The van der Waals surface area contributed by atoms with E-state index in [0.717, 1.165) is 39.7 Å². The van der Waals surface area contributed by atoms with Crippen LogP contribution >= 0.6 is 0 Å². The Morgan fingerprint density at radius 3 is 1.57 bits per heavy atom. The van der Waals surface area contributed by atoms with Crippen molar-refractivity contribution in [2.75, 3.05) is 0 Å². The molecule has 0 unspecified atom stereocenters. The molecule has 0 N–H and O–H groups in total. The third-order valence-electron chi connectivity index (χ3n) is 13.1. The molecule has 0 atom stereocenters. The molecule has 6 aromatic carbocycles. The molecule has 4 fully saturated rings. The Labute approximate surface area is 316 Å². The molecular weight excluding hydrogens is 657 g/mol. The van der Waals surface area contributed by atoms with Gasteiger partial charge in [-0.05, 0) is 125 Å². The number of hydrogen-bond acceptors (Lipinski definition) is 4. The minimum absolute atomic E-state index is 0.0303. The smallest absolute Gasteiger partial charge is 0.164 e. The molecule has 0 amide bonds. The molecule has 4 nitrogen and oxygen atoms in total. The first kappa shape index (κ1) is 31.4. The average Bonchev–Trinajstić information content (AvgIpc) is 3.52. The van der Waals surface area contributed by atoms with E-state index < -0.39 is 0 Å². The van der Waals surface area contributed by atoms with Gasteiger partial charge in [-0.15, -0.1) is 0 Å². The Kier molecular flexibility index (Phi) is 7.07. The van der Waals surface area contributed by atoms with Gasteiger partial charge in [-0.1, -0.05) is 121 Å². The lowest BCUT2D eigenvalue weighted by Crippen LogP contribution is -2.55. The maximum absolute atomic E-state index is 9.91. The van der Waals surface area contributed by atoms with E-state index in [9.17, 15) is 5.26 Å². The van der Waals surface area contributed by atoms with Gasteiger partial charge in [0.1, 0.15) is 0 Å². The molecule has 7 aromatic rings. The Morgan fingerprint density at radius 1 is 0.426 bits per heavy atom. The van der Waals surface area contributed by atoms with Gasteiger partial charge >= 0.3 is 0 Å². The first-order valence-corrected chi connectivity index (χ1v) is 19.4. The zero-order valence-electron chi connectivity index (χ0n) is 30.0. The number of benzene rings is 6. The van der Waals surface area contributed by atoms with E-state index in [2.05, 4.69) is 91.0 Å². The van der Waals surface area contributed by atoms with Crippen LogP contribution in [0.1, 0.15) is 48.8 Å². The summed E-state index contributed by atoms with van der Waals surface area (Å²) < 4.78 is 0. The van der Waals surface area contributed by atoms with Crippen LogP contribution in [-0.4, -0.2) is 15.0 Å². The van der Waals surface area contributed by atoms with Crippen molar-refractivity contribution in [1.82, 2.24) is 15.0 Å². The Balaban J connectivity index is 1.04. The fourth-order valence-electron chi connectivity index (χ4n) is 11.2. The van der Waals surface area contributed by atoms with Gasteiger partial charge in [0.05, 0.1) is 11.6 Å². The quantitative estimate of drug-likeness (QED) is 0.180. The zero-order chi connectivity index (χ0) is 35.8. The van der Waals surface area contributed by atoms with Crippen LogP contribution < -0.4 is 0 Å². The van der Waals surface area contributed by atoms with E-state index in [1.54, 1.807) is 0 Å². The lowest BCUT2D eigenvalue weighted by molar-refractivity contribution is -0.0399. The topological polar surface area (TPSA) is 62.5 Å². The third-order valence-corrected chi connectivity index (χ3v) is 13.1. The van der Waals surface area contributed by atoms with Crippen LogP contribution in [0, 0.1) is 35.0 Å². The monoisotopic (exact) mass is 694 g/mol. The second kappa shape index (κ2) is 12.2. The fraction of sp³-hybridized carbons (Fsp3) is 0.200. The molecule has 0 aliphatic heterocycles. The molecule has 1 heterocycles. The highest BCUT2D eigenvalue weighted by atomic mass is 15.0. The van der Waals surface area contributed by atoms with Crippen molar-refractivity contribution in [3.63, 3.8) is 0 Å². The summed E-state index contributed by atoms with van der Waals surface area (Å²) >= 11 is 0.